The van der Waals surface area contributed by atoms with Crippen molar-refractivity contribution in [3.8, 4) is 5.69 Å². The second-order valence-electron chi connectivity index (χ2n) is 9.26. The molecule has 0 saturated carbocycles. The first-order valence-electron chi connectivity index (χ1n) is 12.4. The minimum absolute atomic E-state index is 0.207. The molecule has 10 nitrogen and oxygen atoms in total. The number of aromatic nitrogens is 2. The van der Waals surface area contributed by atoms with Gasteiger partial charge < -0.3 is 26.2 Å². The molecule has 2 amide bonds. The third-order valence-corrected chi connectivity index (χ3v) is 6.92. The number of fused-ring (bicyclic) bond motifs is 1. The fraction of sp³-hybridized carbons (Fsp3) is 0.286. The SMILES string of the molecule is CN=CC=C(N)C1c2ccc(Cl)cc2CCN1C(=O)[C@H](O)[C@@H](O)C(=O)N[C@H](C)c1ccc(-n2cccn2)cc1. The van der Waals surface area contributed by atoms with Gasteiger partial charge in [-0.3, -0.25) is 14.6 Å². The zero-order valence-corrected chi connectivity index (χ0v) is 22.4. The highest BCUT2D eigenvalue weighted by Gasteiger charge is 2.39. The zero-order valence-electron chi connectivity index (χ0n) is 21.6. The lowest BCUT2D eigenvalue weighted by Gasteiger charge is -2.39. The number of benzene rings is 2. The molecule has 1 aromatic heterocycles. The number of nitrogens with two attached hydrogens (primary N) is 1. The predicted molar refractivity (Wildman–Crippen MR) is 148 cm³/mol. The van der Waals surface area contributed by atoms with Gasteiger partial charge in [-0.05, 0) is 66.4 Å². The van der Waals surface area contributed by atoms with Gasteiger partial charge in [-0.1, -0.05) is 29.8 Å². The Kier molecular flexibility index (Phi) is 8.80. The van der Waals surface area contributed by atoms with Crippen LogP contribution in [-0.2, 0) is 16.0 Å². The molecule has 0 spiro atoms. The minimum atomic E-state index is -2.00. The van der Waals surface area contributed by atoms with Gasteiger partial charge in [0, 0.05) is 42.9 Å². The van der Waals surface area contributed by atoms with E-state index in [1.54, 1.807) is 43.1 Å². The van der Waals surface area contributed by atoms with Crippen LogP contribution >= 0.6 is 11.6 Å². The molecule has 0 saturated heterocycles. The standard InChI is InChI=1S/C28H31ClN6O4/c1-17(18-4-7-21(8-5-18)35-14-3-12-32-35)33-27(38)25(36)26(37)28(39)34-15-11-19-16-20(29)6-9-22(19)24(34)23(30)10-13-31-2/h3-10,12-14,16-17,24-26,36-37H,11,15,30H2,1-2H3,(H,33,38)/t17-,24?,25-,26-/m1/s1. The zero-order chi connectivity index (χ0) is 28.1. The van der Waals surface area contributed by atoms with E-state index in [9.17, 15) is 19.8 Å². The van der Waals surface area contributed by atoms with Crippen molar-refractivity contribution in [3.05, 3.63) is 94.4 Å². The summed E-state index contributed by atoms with van der Waals surface area (Å²) in [6.07, 6.45) is 3.05. The molecule has 1 unspecified atom stereocenters. The van der Waals surface area contributed by atoms with E-state index in [-0.39, 0.29) is 6.54 Å². The van der Waals surface area contributed by atoms with Crippen LogP contribution in [0.15, 0.2) is 77.7 Å². The predicted octanol–water partition coefficient (Wildman–Crippen LogP) is 2.09. The number of aliphatic hydroxyl groups is 2. The van der Waals surface area contributed by atoms with Gasteiger partial charge in [0.2, 0.25) is 0 Å². The Bertz CT molecular complexity index is 1370. The van der Waals surface area contributed by atoms with Gasteiger partial charge in [0.05, 0.1) is 17.8 Å². The Balaban J connectivity index is 1.47. The van der Waals surface area contributed by atoms with Crippen molar-refractivity contribution >= 4 is 29.6 Å². The number of halogens is 1. The second kappa shape index (κ2) is 12.2. The van der Waals surface area contributed by atoms with Crippen molar-refractivity contribution in [1.82, 2.24) is 20.0 Å². The normalized spacial score (nSPS) is 17.9. The Morgan fingerprint density at radius 2 is 1.95 bits per heavy atom. The number of aliphatic hydroxyl groups excluding tert-OH is 2. The van der Waals surface area contributed by atoms with Crippen molar-refractivity contribution in [3.63, 3.8) is 0 Å². The number of nitrogens with zero attached hydrogens (tertiary/aromatic N) is 4. The van der Waals surface area contributed by atoms with Crippen LogP contribution in [-0.4, -0.2) is 68.7 Å². The van der Waals surface area contributed by atoms with Crippen LogP contribution in [0.2, 0.25) is 5.02 Å². The van der Waals surface area contributed by atoms with E-state index in [1.807, 2.05) is 42.6 Å². The van der Waals surface area contributed by atoms with Crippen LogP contribution in [0.4, 0.5) is 0 Å². The Hall–Kier alpha value is -3.99. The van der Waals surface area contributed by atoms with Crippen LogP contribution in [0.3, 0.4) is 0 Å². The number of rotatable bonds is 8. The summed E-state index contributed by atoms with van der Waals surface area (Å²) >= 11 is 6.16. The van der Waals surface area contributed by atoms with Crippen molar-refractivity contribution in [2.75, 3.05) is 13.6 Å². The number of carbonyl (C=O) groups excluding carboxylic acids is 2. The molecule has 39 heavy (non-hydrogen) atoms. The molecular weight excluding hydrogens is 520 g/mol. The van der Waals surface area contributed by atoms with Crippen molar-refractivity contribution < 1.29 is 19.8 Å². The van der Waals surface area contributed by atoms with Crippen molar-refractivity contribution in [2.24, 2.45) is 10.7 Å². The number of allylic oxidation sites excluding steroid dienone is 1. The van der Waals surface area contributed by atoms with Gasteiger partial charge in [0.1, 0.15) is 0 Å². The molecule has 0 fully saturated rings. The monoisotopic (exact) mass is 550 g/mol. The molecule has 0 radical (unpaired) electrons. The molecule has 204 valence electrons. The van der Waals surface area contributed by atoms with Gasteiger partial charge in [-0.25, -0.2) is 4.68 Å². The molecular formula is C28H31ClN6O4. The summed E-state index contributed by atoms with van der Waals surface area (Å²) in [4.78, 5) is 31.5. The number of amides is 2. The average Bonchev–Trinajstić information content (AvgIpc) is 3.49. The van der Waals surface area contributed by atoms with E-state index in [4.69, 9.17) is 17.3 Å². The van der Waals surface area contributed by atoms with Crippen LogP contribution < -0.4 is 11.1 Å². The Labute approximate surface area is 231 Å². The maximum atomic E-state index is 13.4. The van der Waals surface area contributed by atoms with Gasteiger partial charge in [-0.15, -0.1) is 0 Å². The number of hydrogen-bond donors (Lipinski definition) is 4. The lowest BCUT2D eigenvalue weighted by Crippen LogP contribution is -2.53. The van der Waals surface area contributed by atoms with Crippen LogP contribution in [0.1, 0.15) is 35.7 Å². The molecule has 2 heterocycles. The quantitative estimate of drug-likeness (QED) is 0.316. The molecule has 3 aromatic rings. The van der Waals surface area contributed by atoms with Gasteiger partial charge in [0.15, 0.2) is 12.2 Å². The van der Waals surface area contributed by atoms with E-state index in [0.29, 0.717) is 17.1 Å². The number of carbonyl (C=O) groups is 2. The molecule has 4 rings (SSSR count). The molecule has 5 N–H and O–H groups in total. The van der Waals surface area contributed by atoms with Crippen LogP contribution in [0.25, 0.3) is 5.69 Å². The van der Waals surface area contributed by atoms with E-state index >= 15 is 0 Å². The summed E-state index contributed by atoms with van der Waals surface area (Å²) in [6.45, 7) is 1.95. The molecule has 0 bridgehead atoms. The smallest absolute Gasteiger partial charge is 0.255 e. The summed E-state index contributed by atoms with van der Waals surface area (Å²) < 4.78 is 1.70. The molecule has 0 aliphatic carbocycles. The molecule has 11 heteroatoms. The minimum Gasteiger partial charge on any atom is -0.400 e. The van der Waals surface area contributed by atoms with Gasteiger partial charge in [0.25, 0.3) is 11.8 Å². The highest BCUT2D eigenvalue weighted by atomic mass is 35.5. The molecule has 4 atom stereocenters. The summed E-state index contributed by atoms with van der Waals surface area (Å²) in [6, 6.07) is 13.2. The highest BCUT2D eigenvalue weighted by molar-refractivity contribution is 6.30. The van der Waals surface area contributed by atoms with Gasteiger partial charge in [-0.2, -0.15) is 5.10 Å². The summed E-state index contributed by atoms with van der Waals surface area (Å²) in [5.41, 5.74) is 9.94. The summed E-state index contributed by atoms with van der Waals surface area (Å²) in [7, 11) is 1.59. The maximum Gasteiger partial charge on any atom is 0.255 e. The number of aliphatic imine (C=N–C) groups is 1. The molecule has 2 aromatic carbocycles. The second-order valence-corrected chi connectivity index (χ2v) is 9.70. The highest BCUT2D eigenvalue weighted by Crippen LogP contribution is 2.35. The van der Waals surface area contributed by atoms with E-state index in [0.717, 1.165) is 22.4 Å². The first kappa shape index (κ1) is 28.0. The maximum absolute atomic E-state index is 13.4. The fourth-order valence-corrected chi connectivity index (χ4v) is 4.81. The van der Waals surface area contributed by atoms with Crippen molar-refractivity contribution in [2.45, 2.75) is 37.6 Å². The molecule has 1 aliphatic rings. The van der Waals surface area contributed by atoms with E-state index in [2.05, 4.69) is 15.4 Å². The van der Waals surface area contributed by atoms with E-state index in [1.165, 1.54) is 11.1 Å². The van der Waals surface area contributed by atoms with Crippen LogP contribution in [0.5, 0.6) is 0 Å². The average molecular weight is 551 g/mol. The summed E-state index contributed by atoms with van der Waals surface area (Å²) in [5.74, 6) is -1.69. The summed E-state index contributed by atoms with van der Waals surface area (Å²) in [5, 5.41) is 28.8. The van der Waals surface area contributed by atoms with Crippen molar-refractivity contribution in [1.29, 1.82) is 0 Å². The molecule has 1 aliphatic heterocycles. The third-order valence-electron chi connectivity index (χ3n) is 6.69. The Morgan fingerprint density at radius 1 is 1.21 bits per heavy atom. The van der Waals surface area contributed by atoms with E-state index < -0.39 is 36.1 Å². The van der Waals surface area contributed by atoms with Gasteiger partial charge >= 0.3 is 0 Å². The lowest BCUT2D eigenvalue weighted by atomic mass is 9.90. The topological polar surface area (TPSA) is 146 Å². The van der Waals surface area contributed by atoms with Crippen LogP contribution in [0, 0.1) is 0 Å². The number of hydrogen-bond acceptors (Lipinski definition) is 7. The lowest BCUT2D eigenvalue weighted by molar-refractivity contribution is -0.155. The fourth-order valence-electron chi connectivity index (χ4n) is 4.61. The first-order chi connectivity index (χ1) is 18.7. The largest absolute Gasteiger partial charge is 0.400 e. The number of nitrogens with one attached hydrogen (secondary N) is 1. The third kappa shape index (κ3) is 6.19. The Morgan fingerprint density at radius 3 is 2.62 bits per heavy atom. The first-order valence-corrected chi connectivity index (χ1v) is 12.8.